The fourth-order valence-electron chi connectivity index (χ4n) is 4.10. The van der Waals surface area contributed by atoms with Crippen LogP contribution in [0, 0.1) is 11.7 Å². The Kier molecular flexibility index (Phi) is 8.04. The van der Waals surface area contributed by atoms with Crippen molar-refractivity contribution in [3.63, 3.8) is 0 Å². The minimum Gasteiger partial charge on any atom is -0.349 e. The molecule has 1 fully saturated rings. The summed E-state index contributed by atoms with van der Waals surface area (Å²) in [7, 11) is -4.55. The van der Waals surface area contributed by atoms with Gasteiger partial charge >= 0.3 is 12.4 Å². The summed E-state index contributed by atoms with van der Waals surface area (Å²) in [5.41, 5.74) is -3.37. The molecule has 1 amide bonds. The van der Waals surface area contributed by atoms with Gasteiger partial charge in [-0.15, -0.1) is 0 Å². The zero-order valence-electron chi connectivity index (χ0n) is 18.9. The number of carbonyl (C=O) groups is 1. The summed E-state index contributed by atoms with van der Waals surface area (Å²) in [6.07, 6.45) is -9.74. The number of amides is 1. The quantitative estimate of drug-likeness (QED) is 0.470. The second-order valence-corrected chi connectivity index (χ2v) is 10.4. The number of rotatable bonds is 6. The lowest BCUT2D eigenvalue weighted by atomic mass is 9.85. The van der Waals surface area contributed by atoms with Gasteiger partial charge in [0.05, 0.1) is 22.1 Å². The average Bonchev–Trinajstić information content (AvgIpc) is 2.78. The minimum atomic E-state index is -5.41. The van der Waals surface area contributed by atoms with E-state index in [1.165, 1.54) is 24.3 Å². The molecule has 1 aliphatic carbocycles. The van der Waals surface area contributed by atoms with Gasteiger partial charge in [-0.1, -0.05) is 12.1 Å². The molecule has 2 aromatic carbocycles. The maximum absolute atomic E-state index is 13.2. The molecule has 0 heterocycles. The first-order chi connectivity index (χ1) is 16.6. The number of sulfonamides is 1. The maximum atomic E-state index is 13.2. The predicted octanol–water partition coefficient (Wildman–Crippen LogP) is 5.58. The van der Waals surface area contributed by atoms with Gasteiger partial charge in [0, 0.05) is 12.0 Å². The van der Waals surface area contributed by atoms with Crippen molar-refractivity contribution in [1.29, 1.82) is 0 Å². The molecule has 1 aliphatic rings. The van der Waals surface area contributed by atoms with Crippen molar-refractivity contribution in [3.05, 3.63) is 65.0 Å². The van der Waals surface area contributed by atoms with Crippen molar-refractivity contribution < 1.29 is 43.9 Å². The molecule has 1 saturated carbocycles. The first kappa shape index (κ1) is 27.9. The molecule has 1 atom stereocenters. The Balaban J connectivity index is 1.63. The Bertz CT molecular complexity index is 1190. The highest BCUT2D eigenvalue weighted by molar-refractivity contribution is 7.89. The van der Waals surface area contributed by atoms with Crippen LogP contribution in [0.2, 0.25) is 0 Å². The van der Waals surface area contributed by atoms with Crippen LogP contribution in [0.5, 0.6) is 0 Å². The van der Waals surface area contributed by atoms with E-state index in [2.05, 4.69) is 10.0 Å². The van der Waals surface area contributed by atoms with E-state index in [1.54, 1.807) is 6.92 Å². The molecule has 0 aromatic heterocycles. The van der Waals surface area contributed by atoms with E-state index in [-0.39, 0.29) is 43.7 Å². The normalized spacial score (nSPS) is 20.1. The molecule has 0 bridgehead atoms. The summed E-state index contributed by atoms with van der Waals surface area (Å²) in [4.78, 5) is 11.6. The average molecular weight is 541 g/mol. The molecular formula is C23H23F7N2O3S. The Hall–Kier alpha value is -2.67. The van der Waals surface area contributed by atoms with Crippen LogP contribution in [0.3, 0.4) is 0 Å². The molecule has 0 aliphatic heterocycles. The summed E-state index contributed by atoms with van der Waals surface area (Å²) in [5.74, 6) is -1.12. The number of carbonyl (C=O) groups excluding carboxylic acids is 1. The number of alkyl halides is 6. The topological polar surface area (TPSA) is 75.3 Å². The van der Waals surface area contributed by atoms with E-state index in [0.29, 0.717) is 11.6 Å². The van der Waals surface area contributed by atoms with Crippen LogP contribution in [-0.2, 0) is 27.2 Å². The third kappa shape index (κ3) is 6.75. The van der Waals surface area contributed by atoms with E-state index in [0.717, 1.165) is 0 Å². The molecule has 2 aromatic rings. The van der Waals surface area contributed by atoms with Crippen LogP contribution in [0.15, 0.2) is 47.4 Å². The fraction of sp³-hybridized carbons (Fsp3) is 0.435. The van der Waals surface area contributed by atoms with Gasteiger partial charge in [-0.2, -0.15) is 26.3 Å². The number of nitrogens with one attached hydrogen (secondary N) is 2. The molecule has 2 N–H and O–H groups in total. The van der Waals surface area contributed by atoms with Gasteiger partial charge in [0.2, 0.25) is 15.9 Å². The van der Waals surface area contributed by atoms with Crippen molar-refractivity contribution in [2.24, 2.45) is 5.92 Å². The highest BCUT2D eigenvalue weighted by atomic mass is 32.2. The lowest BCUT2D eigenvalue weighted by molar-refractivity contribution is -0.162. The van der Waals surface area contributed by atoms with E-state index < -0.39 is 62.2 Å². The van der Waals surface area contributed by atoms with E-state index >= 15 is 0 Å². The molecule has 1 unspecified atom stereocenters. The Morgan fingerprint density at radius 1 is 0.889 bits per heavy atom. The van der Waals surface area contributed by atoms with Gasteiger partial charge in [0.15, 0.2) is 0 Å². The summed E-state index contributed by atoms with van der Waals surface area (Å²) in [6.45, 7) is 1.73. The molecule has 0 saturated heterocycles. The molecule has 198 valence electrons. The van der Waals surface area contributed by atoms with Crippen molar-refractivity contribution in [2.45, 2.75) is 61.9 Å². The number of benzene rings is 2. The van der Waals surface area contributed by atoms with Crippen LogP contribution in [0.4, 0.5) is 30.7 Å². The summed E-state index contributed by atoms with van der Waals surface area (Å²) in [5, 5.41) is 2.81. The first-order valence-corrected chi connectivity index (χ1v) is 12.4. The molecule has 36 heavy (non-hydrogen) atoms. The summed E-state index contributed by atoms with van der Waals surface area (Å²) in [6, 6.07) is 5.07. The highest BCUT2D eigenvalue weighted by Gasteiger charge is 2.44. The van der Waals surface area contributed by atoms with Crippen molar-refractivity contribution >= 4 is 15.9 Å². The zero-order valence-corrected chi connectivity index (χ0v) is 19.7. The Morgan fingerprint density at radius 2 is 1.44 bits per heavy atom. The van der Waals surface area contributed by atoms with E-state index in [9.17, 15) is 43.9 Å². The van der Waals surface area contributed by atoms with Gasteiger partial charge in [-0.05, 0) is 68.5 Å². The van der Waals surface area contributed by atoms with Gasteiger partial charge in [0.1, 0.15) is 5.82 Å². The third-order valence-corrected chi connectivity index (χ3v) is 7.58. The van der Waals surface area contributed by atoms with Crippen molar-refractivity contribution in [1.82, 2.24) is 10.0 Å². The van der Waals surface area contributed by atoms with Gasteiger partial charge in [0.25, 0.3) is 0 Å². The number of halogens is 7. The van der Waals surface area contributed by atoms with Gasteiger partial charge in [-0.3, -0.25) is 4.79 Å². The lowest BCUT2D eigenvalue weighted by Crippen LogP contribution is -2.41. The molecule has 5 nitrogen and oxygen atoms in total. The van der Waals surface area contributed by atoms with Crippen molar-refractivity contribution in [3.8, 4) is 0 Å². The number of hydrogen-bond acceptors (Lipinski definition) is 3. The summed E-state index contributed by atoms with van der Waals surface area (Å²) < 4.78 is 119. The second-order valence-electron chi connectivity index (χ2n) is 8.65. The SMILES string of the molecule is CC(NC(=O)C1CCC(NS(=O)(=O)c2ccc(C(F)(F)F)c(C(F)(F)F)c2)CC1)c1ccc(F)cc1. The molecule has 0 radical (unpaired) electrons. The molecule has 0 spiro atoms. The van der Waals surface area contributed by atoms with Crippen molar-refractivity contribution in [2.75, 3.05) is 0 Å². The zero-order chi connectivity index (χ0) is 26.9. The van der Waals surface area contributed by atoms with Gasteiger partial charge < -0.3 is 5.32 Å². The van der Waals surface area contributed by atoms with E-state index in [4.69, 9.17) is 0 Å². The van der Waals surface area contributed by atoms with Gasteiger partial charge in [-0.25, -0.2) is 17.5 Å². The maximum Gasteiger partial charge on any atom is 0.417 e. The van der Waals surface area contributed by atoms with Crippen LogP contribution in [-0.4, -0.2) is 20.4 Å². The van der Waals surface area contributed by atoms with Crippen LogP contribution in [0.1, 0.15) is 55.3 Å². The molecule has 3 rings (SSSR count). The number of hydrogen-bond donors (Lipinski definition) is 2. The minimum absolute atomic E-state index is 0.0267. The largest absolute Gasteiger partial charge is 0.417 e. The van der Waals surface area contributed by atoms with E-state index in [1.807, 2.05) is 0 Å². The predicted molar refractivity (Wildman–Crippen MR) is 115 cm³/mol. The summed E-state index contributed by atoms with van der Waals surface area (Å²) >= 11 is 0. The van der Waals surface area contributed by atoms with Crippen LogP contribution in [0.25, 0.3) is 0 Å². The smallest absolute Gasteiger partial charge is 0.349 e. The fourth-order valence-corrected chi connectivity index (χ4v) is 5.43. The third-order valence-electron chi connectivity index (χ3n) is 6.06. The molecule has 13 heteroatoms. The van der Waals surface area contributed by atoms with Crippen LogP contribution >= 0.6 is 0 Å². The standard InChI is InChI=1S/C23H23F7N2O3S/c1-13(14-2-6-16(24)7-3-14)31-21(33)15-4-8-17(9-5-15)32-36(34,35)18-10-11-19(22(25,26)27)20(12-18)23(28,29)30/h2-3,6-7,10-13,15,17,32H,4-5,8-9H2,1H3,(H,31,33). The Morgan fingerprint density at radius 3 is 1.97 bits per heavy atom. The molecular weight excluding hydrogens is 517 g/mol. The lowest BCUT2D eigenvalue weighted by Gasteiger charge is -2.29. The second kappa shape index (κ2) is 10.4. The first-order valence-electron chi connectivity index (χ1n) is 10.9. The highest BCUT2D eigenvalue weighted by Crippen LogP contribution is 2.41. The monoisotopic (exact) mass is 540 g/mol. The van der Waals surface area contributed by atoms with Crippen LogP contribution < -0.4 is 10.0 Å². The Labute approximate surface area is 203 Å².